The van der Waals surface area contributed by atoms with Gasteiger partial charge in [-0.3, -0.25) is 0 Å². The summed E-state index contributed by atoms with van der Waals surface area (Å²) in [5, 5.41) is 4.04. The van der Waals surface area contributed by atoms with Gasteiger partial charge in [0.05, 0.1) is 6.61 Å². The maximum absolute atomic E-state index is 5.93. The first-order valence-electron chi connectivity index (χ1n) is 7.18. The molecule has 6 nitrogen and oxygen atoms in total. The zero-order valence-corrected chi connectivity index (χ0v) is 12.2. The first-order valence-corrected chi connectivity index (χ1v) is 7.18. The summed E-state index contributed by atoms with van der Waals surface area (Å²) < 4.78 is 11.0. The quantitative estimate of drug-likeness (QED) is 0.858. The maximum atomic E-state index is 5.93. The zero-order valence-electron chi connectivity index (χ0n) is 12.2. The van der Waals surface area contributed by atoms with Crippen molar-refractivity contribution >= 4 is 5.69 Å². The van der Waals surface area contributed by atoms with Gasteiger partial charge in [0.25, 0.3) is 0 Å². The third-order valence-electron chi connectivity index (χ3n) is 3.70. The van der Waals surface area contributed by atoms with E-state index >= 15 is 0 Å². The molecule has 0 amide bonds. The van der Waals surface area contributed by atoms with Crippen molar-refractivity contribution in [2.45, 2.75) is 18.9 Å². The van der Waals surface area contributed by atoms with E-state index in [1.165, 1.54) is 0 Å². The van der Waals surface area contributed by atoms with Gasteiger partial charge in [-0.25, -0.2) is 0 Å². The van der Waals surface area contributed by atoms with Crippen LogP contribution in [-0.2, 0) is 17.6 Å². The van der Waals surface area contributed by atoms with Crippen LogP contribution in [-0.4, -0.2) is 41.8 Å². The minimum Gasteiger partial charge on any atom is -0.399 e. The van der Waals surface area contributed by atoms with E-state index in [0.29, 0.717) is 24.7 Å². The van der Waals surface area contributed by atoms with Crippen LogP contribution in [0.25, 0.3) is 0 Å². The van der Waals surface area contributed by atoms with Gasteiger partial charge in [-0.05, 0) is 25.1 Å². The van der Waals surface area contributed by atoms with Gasteiger partial charge in [-0.1, -0.05) is 23.4 Å². The molecule has 1 atom stereocenters. The molecule has 1 saturated heterocycles. The first kappa shape index (κ1) is 14.0. The standard InChI is InChI=1S/C15H20N4O2/c1-19-8-9-20-13(10-19)15-17-14(21-18-15)7-6-11-4-2-3-5-12(11)16/h2-5,13H,6-10,16H2,1H3. The molecule has 1 aliphatic rings. The van der Waals surface area contributed by atoms with Crippen LogP contribution in [0.2, 0.25) is 0 Å². The lowest BCUT2D eigenvalue weighted by molar-refractivity contribution is -0.0264. The van der Waals surface area contributed by atoms with Gasteiger partial charge >= 0.3 is 0 Å². The molecule has 1 fully saturated rings. The molecule has 0 spiro atoms. The number of nitrogens with zero attached hydrogens (tertiary/aromatic N) is 3. The van der Waals surface area contributed by atoms with E-state index in [-0.39, 0.29) is 6.10 Å². The largest absolute Gasteiger partial charge is 0.399 e. The van der Waals surface area contributed by atoms with Gasteiger partial charge in [0.2, 0.25) is 11.7 Å². The number of benzene rings is 1. The molecular formula is C15H20N4O2. The summed E-state index contributed by atoms with van der Waals surface area (Å²) >= 11 is 0. The van der Waals surface area contributed by atoms with Crippen LogP contribution in [0.5, 0.6) is 0 Å². The molecule has 1 aromatic heterocycles. The Hall–Kier alpha value is -1.92. The lowest BCUT2D eigenvalue weighted by atomic mass is 10.1. The topological polar surface area (TPSA) is 77.4 Å². The fraction of sp³-hybridized carbons (Fsp3) is 0.467. The molecule has 1 unspecified atom stereocenters. The van der Waals surface area contributed by atoms with Gasteiger partial charge in [0.15, 0.2) is 0 Å². The predicted molar refractivity (Wildman–Crippen MR) is 78.8 cm³/mol. The van der Waals surface area contributed by atoms with E-state index < -0.39 is 0 Å². The number of rotatable bonds is 4. The summed E-state index contributed by atoms with van der Waals surface area (Å²) in [6, 6.07) is 7.84. The van der Waals surface area contributed by atoms with Crippen LogP contribution in [0.3, 0.4) is 0 Å². The van der Waals surface area contributed by atoms with E-state index in [4.69, 9.17) is 15.0 Å². The molecule has 0 radical (unpaired) electrons. The third-order valence-corrected chi connectivity index (χ3v) is 3.70. The second-order valence-electron chi connectivity index (χ2n) is 5.37. The average molecular weight is 288 g/mol. The molecule has 2 N–H and O–H groups in total. The number of hydrogen-bond donors (Lipinski definition) is 1. The monoisotopic (exact) mass is 288 g/mol. The van der Waals surface area contributed by atoms with Crippen LogP contribution in [0.4, 0.5) is 5.69 Å². The van der Waals surface area contributed by atoms with E-state index in [1.807, 2.05) is 24.3 Å². The highest BCUT2D eigenvalue weighted by Crippen LogP contribution is 2.19. The molecule has 2 heterocycles. The number of aromatic nitrogens is 2. The number of morpholine rings is 1. The van der Waals surface area contributed by atoms with Crippen molar-refractivity contribution in [1.82, 2.24) is 15.0 Å². The van der Waals surface area contributed by atoms with Crippen LogP contribution in [0, 0.1) is 0 Å². The number of ether oxygens (including phenoxy) is 1. The van der Waals surface area contributed by atoms with Crippen molar-refractivity contribution in [2.75, 3.05) is 32.5 Å². The number of likely N-dealkylation sites (N-methyl/N-ethyl adjacent to an activating group) is 1. The molecule has 2 aromatic rings. The van der Waals surface area contributed by atoms with Crippen molar-refractivity contribution < 1.29 is 9.26 Å². The molecule has 21 heavy (non-hydrogen) atoms. The summed E-state index contributed by atoms with van der Waals surface area (Å²) in [6.45, 7) is 2.44. The molecule has 112 valence electrons. The second-order valence-corrected chi connectivity index (χ2v) is 5.37. The van der Waals surface area contributed by atoms with Gasteiger partial charge in [-0.15, -0.1) is 0 Å². The number of hydrogen-bond acceptors (Lipinski definition) is 6. The van der Waals surface area contributed by atoms with Crippen LogP contribution < -0.4 is 5.73 Å². The summed E-state index contributed by atoms with van der Waals surface area (Å²) in [5.74, 6) is 1.27. The van der Waals surface area contributed by atoms with Crippen molar-refractivity contribution in [3.63, 3.8) is 0 Å². The normalized spacial score (nSPS) is 19.8. The SMILES string of the molecule is CN1CCOC(c2noc(CCc3ccccc3N)n2)C1. The summed E-state index contributed by atoms with van der Waals surface area (Å²) in [4.78, 5) is 6.65. The Morgan fingerprint density at radius 2 is 2.19 bits per heavy atom. The Bertz CT molecular complexity index is 599. The highest BCUT2D eigenvalue weighted by Gasteiger charge is 2.24. The summed E-state index contributed by atoms with van der Waals surface area (Å²) in [6.07, 6.45) is 1.38. The summed E-state index contributed by atoms with van der Waals surface area (Å²) in [7, 11) is 2.06. The molecule has 1 aliphatic heterocycles. The second kappa shape index (κ2) is 6.24. The number of nitrogen functional groups attached to an aromatic ring is 1. The highest BCUT2D eigenvalue weighted by atomic mass is 16.5. The number of aryl methyl sites for hydroxylation is 2. The number of anilines is 1. The molecule has 0 saturated carbocycles. The summed E-state index contributed by atoms with van der Waals surface area (Å²) in [5.41, 5.74) is 7.83. The minimum atomic E-state index is -0.0944. The fourth-order valence-corrected chi connectivity index (χ4v) is 2.44. The molecule has 0 aliphatic carbocycles. The van der Waals surface area contributed by atoms with Crippen LogP contribution in [0.1, 0.15) is 23.4 Å². The number of para-hydroxylation sites is 1. The zero-order chi connectivity index (χ0) is 14.7. The highest BCUT2D eigenvalue weighted by molar-refractivity contribution is 5.46. The third kappa shape index (κ3) is 3.40. The Morgan fingerprint density at radius 1 is 1.33 bits per heavy atom. The Balaban J connectivity index is 1.61. The van der Waals surface area contributed by atoms with Gasteiger partial charge in [0.1, 0.15) is 6.10 Å². The van der Waals surface area contributed by atoms with E-state index in [9.17, 15) is 0 Å². The van der Waals surface area contributed by atoms with Gasteiger partial charge in [0, 0.05) is 25.2 Å². The van der Waals surface area contributed by atoms with E-state index in [2.05, 4.69) is 22.1 Å². The molecule has 1 aromatic carbocycles. The number of nitrogens with two attached hydrogens (primary N) is 1. The van der Waals surface area contributed by atoms with Crippen molar-refractivity contribution in [3.05, 3.63) is 41.5 Å². The lowest BCUT2D eigenvalue weighted by Gasteiger charge is -2.27. The van der Waals surface area contributed by atoms with Crippen molar-refractivity contribution in [1.29, 1.82) is 0 Å². The first-order chi connectivity index (χ1) is 10.2. The molecular weight excluding hydrogens is 268 g/mol. The van der Waals surface area contributed by atoms with Crippen LogP contribution >= 0.6 is 0 Å². The Morgan fingerprint density at radius 3 is 3.00 bits per heavy atom. The lowest BCUT2D eigenvalue weighted by Crippen LogP contribution is -2.35. The van der Waals surface area contributed by atoms with Crippen LogP contribution in [0.15, 0.2) is 28.8 Å². The molecule has 6 heteroatoms. The smallest absolute Gasteiger partial charge is 0.227 e. The van der Waals surface area contributed by atoms with Crippen molar-refractivity contribution in [2.24, 2.45) is 0 Å². The van der Waals surface area contributed by atoms with E-state index in [1.54, 1.807) is 0 Å². The Kier molecular flexibility index (Phi) is 4.17. The van der Waals surface area contributed by atoms with Crippen molar-refractivity contribution in [3.8, 4) is 0 Å². The van der Waals surface area contributed by atoms with Gasteiger partial charge < -0.3 is 19.9 Å². The van der Waals surface area contributed by atoms with E-state index in [0.717, 1.165) is 30.8 Å². The molecule has 0 bridgehead atoms. The molecule has 3 rings (SSSR count). The van der Waals surface area contributed by atoms with Gasteiger partial charge in [-0.2, -0.15) is 4.98 Å². The predicted octanol–water partition coefficient (Wildman–Crippen LogP) is 1.44. The minimum absolute atomic E-state index is 0.0944. The fourth-order valence-electron chi connectivity index (χ4n) is 2.44. The average Bonchev–Trinajstić information content (AvgIpc) is 2.95. The maximum Gasteiger partial charge on any atom is 0.227 e. The Labute approximate surface area is 123 Å².